The van der Waals surface area contributed by atoms with Gasteiger partial charge in [0.05, 0.1) is 22.2 Å². The molecule has 1 aliphatic rings. The van der Waals surface area contributed by atoms with Crippen LogP contribution in [0.4, 0.5) is 5.69 Å². The Morgan fingerprint density at radius 3 is 2.73 bits per heavy atom. The van der Waals surface area contributed by atoms with Crippen molar-refractivity contribution >= 4 is 28.9 Å². The lowest BCUT2D eigenvalue weighted by Gasteiger charge is -2.17. The van der Waals surface area contributed by atoms with E-state index in [1.54, 1.807) is 6.07 Å². The Morgan fingerprint density at radius 2 is 2.13 bits per heavy atom. The summed E-state index contributed by atoms with van der Waals surface area (Å²) in [6, 6.07) is 5.93. The molecule has 4 heteroatoms. The molecular formula is C11H13Cl2NO. The van der Waals surface area contributed by atoms with Gasteiger partial charge in [-0.1, -0.05) is 23.2 Å². The molecule has 0 spiro atoms. The average Bonchev–Trinajstić information content (AvgIpc) is 2.59. The first-order valence-corrected chi connectivity index (χ1v) is 5.75. The summed E-state index contributed by atoms with van der Waals surface area (Å²) in [6.45, 7) is 2.89. The first-order chi connectivity index (χ1) is 7.16. The lowest BCUT2D eigenvalue weighted by Crippen LogP contribution is -2.26. The molecule has 1 aliphatic heterocycles. The number of hydrogen-bond acceptors (Lipinski definition) is 2. The lowest BCUT2D eigenvalue weighted by molar-refractivity contribution is 0.121. The van der Waals surface area contributed by atoms with E-state index in [1.165, 1.54) is 0 Å². The molecule has 0 aromatic heterocycles. The fourth-order valence-corrected chi connectivity index (χ4v) is 2.02. The van der Waals surface area contributed by atoms with Crippen LogP contribution in [0.3, 0.4) is 0 Å². The van der Waals surface area contributed by atoms with E-state index in [0.717, 1.165) is 18.7 Å². The van der Waals surface area contributed by atoms with Gasteiger partial charge in [0.15, 0.2) is 0 Å². The molecule has 0 saturated carbocycles. The zero-order valence-corrected chi connectivity index (χ0v) is 9.98. The monoisotopic (exact) mass is 245 g/mol. The Morgan fingerprint density at radius 1 is 1.33 bits per heavy atom. The maximum atomic E-state index is 5.93. The zero-order chi connectivity index (χ0) is 10.8. The minimum absolute atomic E-state index is 0.249. The van der Waals surface area contributed by atoms with E-state index >= 15 is 0 Å². The number of benzene rings is 1. The topological polar surface area (TPSA) is 21.3 Å². The van der Waals surface area contributed by atoms with Gasteiger partial charge in [0.1, 0.15) is 0 Å². The first kappa shape index (κ1) is 11.1. The van der Waals surface area contributed by atoms with Gasteiger partial charge in [-0.3, -0.25) is 0 Å². The third kappa shape index (κ3) is 2.57. The van der Waals surface area contributed by atoms with E-state index in [-0.39, 0.29) is 6.10 Å². The number of halogens is 2. The van der Waals surface area contributed by atoms with Gasteiger partial charge in [-0.15, -0.1) is 0 Å². The minimum Gasteiger partial charge on any atom is -0.380 e. The second kappa shape index (κ2) is 4.60. The minimum atomic E-state index is 0.249. The van der Waals surface area contributed by atoms with Crippen molar-refractivity contribution in [3.63, 3.8) is 0 Å². The van der Waals surface area contributed by atoms with Crippen molar-refractivity contribution in [1.29, 1.82) is 0 Å². The van der Waals surface area contributed by atoms with Crippen molar-refractivity contribution in [2.24, 2.45) is 0 Å². The molecule has 0 aliphatic carbocycles. The molecule has 0 radical (unpaired) electrons. The summed E-state index contributed by atoms with van der Waals surface area (Å²) in [7, 11) is 0. The van der Waals surface area contributed by atoms with Crippen LogP contribution in [-0.2, 0) is 4.74 Å². The predicted octanol–water partition coefficient (Wildman–Crippen LogP) is 3.58. The highest BCUT2D eigenvalue weighted by atomic mass is 35.5. The van der Waals surface area contributed by atoms with E-state index in [2.05, 4.69) is 12.2 Å². The second-order valence-electron chi connectivity index (χ2n) is 3.74. The Labute approximate surface area is 99.5 Å². The van der Waals surface area contributed by atoms with Crippen LogP contribution in [0.15, 0.2) is 18.2 Å². The van der Waals surface area contributed by atoms with E-state index < -0.39 is 0 Å². The van der Waals surface area contributed by atoms with Crippen molar-refractivity contribution in [1.82, 2.24) is 0 Å². The van der Waals surface area contributed by atoms with Gasteiger partial charge in [0.2, 0.25) is 0 Å². The van der Waals surface area contributed by atoms with Crippen LogP contribution in [-0.4, -0.2) is 18.8 Å². The van der Waals surface area contributed by atoms with E-state index in [4.69, 9.17) is 27.9 Å². The average molecular weight is 246 g/mol. The molecule has 1 saturated heterocycles. The number of nitrogens with one attached hydrogen (secondary N) is 1. The van der Waals surface area contributed by atoms with Gasteiger partial charge in [-0.05, 0) is 31.5 Å². The fraction of sp³-hybridized carbons (Fsp3) is 0.455. The molecule has 2 nitrogen and oxygen atoms in total. The fourth-order valence-electron chi connectivity index (χ4n) is 1.72. The van der Waals surface area contributed by atoms with Gasteiger partial charge >= 0.3 is 0 Å². The van der Waals surface area contributed by atoms with Crippen LogP contribution in [0.2, 0.25) is 10.0 Å². The van der Waals surface area contributed by atoms with E-state index in [9.17, 15) is 0 Å². The van der Waals surface area contributed by atoms with Crippen LogP contribution in [0, 0.1) is 0 Å². The maximum absolute atomic E-state index is 5.93. The quantitative estimate of drug-likeness (QED) is 0.861. The lowest BCUT2D eigenvalue weighted by atomic mass is 10.1. The van der Waals surface area contributed by atoms with E-state index in [0.29, 0.717) is 16.1 Å². The summed E-state index contributed by atoms with van der Waals surface area (Å²) in [4.78, 5) is 0. The molecule has 0 amide bonds. The Balaban J connectivity index is 2.07. The molecule has 1 N–H and O–H groups in total. The molecule has 2 unspecified atom stereocenters. The van der Waals surface area contributed by atoms with Crippen molar-refractivity contribution in [2.75, 3.05) is 11.9 Å². The summed E-state index contributed by atoms with van der Waals surface area (Å²) in [6.07, 6.45) is 1.28. The molecular weight excluding hydrogens is 233 g/mol. The molecule has 82 valence electrons. The van der Waals surface area contributed by atoms with Gasteiger partial charge in [0, 0.05) is 12.3 Å². The predicted molar refractivity (Wildman–Crippen MR) is 63.9 cm³/mol. The highest BCUT2D eigenvalue weighted by Gasteiger charge is 2.23. The molecule has 1 aromatic carbocycles. The third-order valence-corrected chi connectivity index (χ3v) is 3.39. The maximum Gasteiger partial charge on any atom is 0.0748 e. The number of ether oxygens (including phenoxy) is 1. The molecule has 0 bridgehead atoms. The molecule has 15 heavy (non-hydrogen) atoms. The van der Waals surface area contributed by atoms with Crippen LogP contribution in [0.25, 0.3) is 0 Å². The summed E-state index contributed by atoms with van der Waals surface area (Å²) >= 11 is 11.8. The molecule has 2 atom stereocenters. The summed E-state index contributed by atoms with van der Waals surface area (Å²) < 4.78 is 5.47. The SMILES string of the molecule is CC1OCCC1Nc1ccc(Cl)c(Cl)c1. The largest absolute Gasteiger partial charge is 0.380 e. The molecule has 2 rings (SSSR count). The van der Waals surface area contributed by atoms with Crippen LogP contribution in [0.1, 0.15) is 13.3 Å². The van der Waals surface area contributed by atoms with Crippen LogP contribution < -0.4 is 5.32 Å². The van der Waals surface area contributed by atoms with Crippen molar-refractivity contribution in [2.45, 2.75) is 25.5 Å². The van der Waals surface area contributed by atoms with Crippen molar-refractivity contribution < 1.29 is 4.74 Å². The number of hydrogen-bond donors (Lipinski definition) is 1. The van der Waals surface area contributed by atoms with Crippen LogP contribution >= 0.6 is 23.2 Å². The Kier molecular flexibility index (Phi) is 3.39. The summed E-state index contributed by atoms with van der Waals surface area (Å²) in [5.74, 6) is 0. The smallest absolute Gasteiger partial charge is 0.0748 e. The number of anilines is 1. The Bertz CT molecular complexity index is 356. The summed E-state index contributed by atoms with van der Waals surface area (Å²) in [5, 5.41) is 4.55. The first-order valence-electron chi connectivity index (χ1n) is 5.00. The number of rotatable bonds is 2. The highest BCUT2D eigenvalue weighted by molar-refractivity contribution is 6.42. The van der Waals surface area contributed by atoms with Crippen molar-refractivity contribution in [3.8, 4) is 0 Å². The highest BCUT2D eigenvalue weighted by Crippen LogP contribution is 2.26. The Hall–Kier alpha value is -0.440. The van der Waals surface area contributed by atoms with Gasteiger partial charge < -0.3 is 10.1 Å². The summed E-state index contributed by atoms with van der Waals surface area (Å²) in [5.41, 5.74) is 0.992. The van der Waals surface area contributed by atoms with Crippen molar-refractivity contribution in [3.05, 3.63) is 28.2 Å². The zero-order valence-electron chi connectivity index (χ0n) is 8.47. The second-order valence-corrected chi connectivity index (χ2v) is 4.56. The standard InChI is InChI=1S/C11H13Cl2NO/c1-7-11(4-5-15-7)14-8-2-3-9(12)10(13)6-8/h2-3,6-7,11,14H,4-5H2,1H3. The molecule has 1 heterocycles. The van der Waals surface area contributed by atoms with E-state index in [1.807, 2.05) is 12.1 Å². The third-order valence-electron chi connectivity index (χ3n) is 2.65. The molecule has 1 fully saturated rings. The van der Waals surface area contributed by atoms with Gasteiger partial charge in [0.25, 0.3) is 0 Å². The van der Waals surface area contributed by atoms with Gasteiger partial charge in [-0.2, -0.15) is 0 Å². The van der Waals surface area contributed by atoms with Crippen LogP contribution in [0.5, 0.6) is 0 Å². The van der Waals surface area contributed by atoms with Gasteiger partial charge in [-0.25, -0.2) is 0 Å². The normalized spacial score (nSPS) is 25.5. The molecule has 1 aromatic rings.